The van der Waals surface area contributed by atoms with Crippen LogP contribution in [0.1, 0.15) is 31.9 Å². The molecule has 0 fully saturated rings. The van der Waals surface area contributed by atoms with Crippen LogP contribution in [0.2, 0.25) is 0 Å². The molecule has 0 amide bonds. The van der Waals surface area contributed by atoms with E-state index in [4.69, 9.17) is 0 Å². The second-order valence-corrected chi connectivity index (χ2v) is 4.41. The highest BCUT2D eigenvalue weighted by molar-refractivity contribution is 5.85. The van der Waals surface area contributed by atoms with Gasteiger partial charge in [-0.2, -0.15) is 0 Å². The number of allylic oxidation sites excluding steroid dienone is 3. The zero-order chi connectivity index (χ0) is 10.3. The van der Waals surface area contributed by atoms with Gasteiger partial charge in [0.1, 0.15) is 0 Å². The van der Waals surface area contributed by atoms with Gasteiger partial charge >= 0.3 is 0 Å². The molecule has 0 nitrogen and oxygen atoms in total. The van der Waals surface area contributed by atoms with Crippen LogP contribution in [0.3, 0.4) is 0 Å². The Morgan fingerprint density at radius 3 is 2.50 bits per heavy atom. The largest absolute Gasteiger partial charge is 0.0984 e. The third kappa shape index (κ3) is 1.00. The minimum Gasteiger partial charge on any atom is -0.0984 e. The Labute approximate surface area is 86.0 Å². The Bertz CT molecular complexity index is 419. The minimum absolute atomic E-state index is 0.167. The Morgan fingerprint density at radius 2 is 1.86 bits per heavy atom. The van der Waals surface area contributed by atoms with Crippen LogP contribution in [-0.2, 0) is 5.41 Å². The first-order valence-electron chi connectivity index (χ1n) is 5.02. The summed E-state index contributed by atoms with van der Waals surface area (Å²) < 4.78 is 0. The van der Waals surface area contributed by atoms with Crippen molar-refractivity contribution in [3.8, 4) is 0 Å². The lowest BCUT2D eigenvalue weighted by Crippen LogP contribution is -2.15. The quantitative estimate of drug-likeness (QED) is 0.620. The van der Waals surface area contributed by atoms with Crippen LogP contribution in [0.4, 0.5) is 0 Å². The molecule has 0 N–H and O–H groups in total. The fraction of sp³-hybridized carbons (Fsp3) is 0.286. The van der Waals surface area contributed by atoms with Gasteiger partial charge in [-0.3, -0.25) is 0 Å². The third-order valence-electron chi connectivity index (χ3n) is 3.44. The molecule has 0 radical (unpaired) electrons. The van der Waals surface area contributed by atoms with Crippen LogP contribution < -0.4 is 0 Å². The highest BCUT2D eigenvalue weighted by Gasteiger charge is 2.33. The van der Waals surface area contributed by atoms with Crippen LogP contribution >= 0.6 is 0 Å². The fourth-order valence-corrected chi connectivity index (χ4v) is 2.27. The molecule has 0 bridgehead atoms. The van der Waals surface area contributed by atoms with Crippen molar-refractivity contribution in [1.82, 2.24) is 0 Å². The van der Waals surface area contributed by atoms with Crippen LogP contribution in [0.15, 0.2) is 42.5 Å². The summed E-state index contributed by atoms with van der Waals surface area (Å²) in [6.07, 6.45) is 1.98. The van der Waals surface area contributed by atoms with Crippen molar-refractivity contribution in [2.45, 2.75) is 26.2 Å². The fourth-order valence-electron chi connectivity index (χ4n) is 2.27. The van der Waals surface area contributed by atoms with Crippen molar-refractivity contribution < 1.29 is 0 Å². The zero-order valence-corrected chi connectivity index (χ0v) is 9.09. The third-order valence-corrected chi connectivity index (χ3v) is 3.44. The maximum absolute atomic E-state index is 3.90. The maximum Gasteiger partial charge on any atom is 0.0118 e. The summed E-state index contributed by atoms with van der Waals surface area (Å²) in [7, 11) is 0. The average Bonchev–Trinajstić information content (AvgIpc) is 2.37. The summed E-state index contributed by atoms with van der Waals surface area (Å²) >= 11 is 0. The van der Waals surface area contributed by atoms with Crippen LogP contribution in [0.5, 0.6) is 0 Å². The molecule has 1 aromatic carbocycles. The average molecular weight is 184 g/mol. The van der Waals surface area contributed by atoms with E-state index >= 15 is 0 Å². The van der Waals surface area contributed by atoms with Gasteiger partial charge in [0.05, 0.1) is 0 Å². The lowest BCUT2D eigenvalue weighted by molar-refractivity contribution is 0.639. The number of rotatable bonds is 1. The molecule has 0 saturated carbocycles. The molecule has 14 heavy (non-hydrogen) atoms. The highest BCUT2D eigenvalue weighted by Crippen LogP contribution is 2.45. The van der Waals surface area contributed by atoms with E-state index in [2.05, 4.69) is 51.6 Å². The van der Waals surface area contributed by atoms with E-state index in [9.17, 15) is 0 Å². The smallest absolute Gasteiger partial charge is 0.0118 e. The second kappa shape index (κ2) is 2.84. The van der Waals surface area contributed by atoms with E-state index in [1.165, 1.54) is 22.3 Å². The molecule has 0 saturated heterocycles. The normalized spacial score (nSPS) is 18.2. The van der Waals surface area contributed by atoms with Crippen LogP contribution in [-0.4, -0.2) is 0 Å². The SMILES string of the molecule is C=CC1=C(C)C(C)(C)c2ccccc21. The van der Waals surface area contributed by atoms with E-state index in [0.29, 0.717) is 0 Å². The van der Waals surface area contributed by atoms with Gasteiger partial charge in [-0.05, 0) is 23.6 Å². The monoisotopic (exact) mass is 184 g/mol. The van der Waals surface area contributed by atoms with E-state index in [0.717, 1.165) is 0 Å². The van der Waals surface area contributed by atoms with Gasteiger partial charge in [-0.25, -0.2) is 0 Å². The Kier molecular flexibility index (Phi) is 1.88. The minimum atomic E-state index is 0.167. The van der Waals surface area contributed by atoms with Gasteiger partial charge in [0.15, 0.2) is 0 Å². The molecular formula is C14H16. The maximum atomic E-state index is 3.90. The van der Waals surface area contributed by atoms with E-state index in [1.54, 1.807) is 0 Å². The molecule has 0 spiro atoms. The molecule has 1 aliphatic carbocycles. The standard InChI is InChI=1S/C14H16/c1-5-11-10(2)14(3,4)13-9-7-6-8-12(11)13/h5-9H,1H2,2-4H3. The van der Waals surface area contributed by atoms with Gasteiger partial charge in [0, 0.05) is 5.41 Å². The first kappa shape index (κ1) is 9.26. The molecule has 72 valence electrons. The van der Waals surface area contributed by atoms with E-state index < -0.39 is 0 Å². The van der Waals surface area contributed by atoms with E-state index in [-0.39, 0.29) is 5.41 Å². The summed E-state index contributed by atoms with van der Waals surface area (Å²) in [5.41, 5.74) is 5.68. The van der Waals surface area contributed by atoms with Crippen molar-refractivity contribution in [3.05, 3.63) is 53.6 Å². The molecule has 0 aliphatic heterocycles. The number of benzene rings is 1. The van der Waals surface area contributed by atoms with Crippen molar-refractivity contribution in [3.63, 3.8) is 0 Å². The lowest BCUT2D eigenvalue weighted by atomic mass is 9.82. The lowest BCUT2D eigenvalue weighted by Gasteiger charge is -2.21. The molecule has 0 atom stereocenters. The summed E-state index contributed by atoms with van der Waals surface area (Å²) in [4.78, 5) is 0. The van der Waals surface area contributed by atoms with E-state index in [1.807, 2.05) is 6.08 Å². The van der Waals surface area contributed by atoms with Crippen molar-refractivity contribution in [2.24, 2.45) is 0 Å². The summed E-state index contributed by atoms with van der Waals surface area (Å²) in [6.45, 7) is 10.7. The molecule has 0 heterocycles. The number of fused-ring (bicyclic) bond motifs is 1. The summed E-state index contributed by atoms with van der Waals surface area (Å²) in [5.74, 6) is 0. The van der Waals surface area contributed by atoms with Crippen molar-refractivity contribution >= 4 is 5.57 Å². The summed E-state index contributed by atoms with van der Waals surface area (Å²) in [6, 6.07) is 8.61. The first-order chi connectivity index (χ1) is 6.59. The van der Waals surface area contributed by atoms with Gasteiger partial charge in [-0.15, -0.1) is 0 Å². The van der Waals surface area contributed by atoms with Gasteiger partial charge < -0.3 is 0 Å². The first-order valence-corrected chi connectivity index (χ1v) is 5.02. The number of hydrogen-bond acceptors (Lipinski definition) is 0. The topological polar surface area (TPSA) is 0 Å². The van der Waals surface area contributed by atoms with Gasteiger partial charge in [0.2, 0.25) is 0 Å². The highest BCUT2D eigenvalue weighted by atomic mass is 14.4. The summed E-state index contributed by atoms with van der Waals surface area (Å²) in [5, 5.41) is 0. The Morgan fingerprint density at radius 1 is 1.21 bits per heavy atom. The second-order valence-electron chi connectivity index (χ2n) is 4.41. The van der Waals surface area contributed by atoms with Crippen LogP contribution in [0, 0.1) is 0 Å². The molecule has 0 aromatic heterocycles. The zero-order valence-electron chi connectivity index (χ0n) is 9.09. The molecule has 1 aliphatic rings. The molecular weight excluding hydrogens is 168 g/mol. The van der Waals surface area contributed by atoms with Crippen molar-refractivity contribution in [2.75, 3.05) is 0 Å². The Hall–Kier alpha value is -1.30. The number of hydrogen-bond donors (Lipinski definition) is 0. The van der Waals surface area contributed by atoms with Crippen LogP contribution in [0.25, 0.3) is 5.57 Å². The molecule has 0 unspecified atom stereocenters. The predicted octanol–water partition coefficient (Wildman–Crippen LogP) is 3.94. The molecule has 0 heteroatoms. The molecule has 2 rings (SSSR count). The molecule has 1 aromatic rings. The predicted molar refractivity (Wildman–Crippen MR) is 62.3 cm³/mol. The van der Waals surface area contributed by atoms with Gasteiger partial charge in [0.25, 0.3) is 0 Å². The van der Waals surface area contributed by atoms with Gasteiger partial charge in [-0.1, -0.05) is 56.3 Å². The Balaban J connectivity index is 2.76. The van der Waals surface area contributed by atoms with Crippen molar-refractivity contribution in [1.29, 1.82) is 0 Å².